The highest BCUT2D eigenvalue weighted by atomic mass is 16.4. The van der Waals surface area contributed by atoms with Crippen LogP contribution in [0.25, 0.3) is 0 Å². The Kier molecular flexibility index (Phi) is 12.3. The summed E-state index contributed by atoms with van der Waals surface area (Å²) in [6, 6.07) is 16.5. The van der Waals surface area contributed by atoms with Gasteiger partial charge in [0.2, 0.25) is 17.7 Å². The zero-order valence-corrected chi connectivity index (χ0v) is 24.8. The van der Waals surface area contributed by atoms with Crippen molar-refractivity contribution in [3.8, 4) is 11.5 Å². The second-order valence-electron chi connectivity index (χ2n) is 10.9. The zero-order valence-electron chi connectivity index (χ0n) is 24.8. The first kappa shape index (κ1) is 33.6. The van der Waals surface area contributed by atoms with Crippen molar-refractivity contribution in [3.05, 3.63) is 95.6 Å². The number of rotatable bonds is 15. The molecule has 5 atom stereocenters. The third-order valence-corrected chi connectivity index (χ3v) is 7.48. The smallest absolute Gasteiger partial charge is 0.326 e. The summed E-state index contributed by atoms with van der Waals surface area (Å²) in [6.07, 6.45) is 0.674. The standard InChI is InChI=1S/C33H40N4O7/c1-3-20(2)29(34)32(42)36-27(18-23-11-15-25(39)16-12-23)30(40)35-26(17-22-9-13-24(38)14-10-22)31(41)37-28(33(43)44)19-21-7-5-4-6-8-21/h4-16,20,26-29,38-39H,3,17-19,34H2,1-2H3,(H,35,40)(H,36,42)(H,37,41)(H,43,44). The summed E-state index contributed by atoms with van der Waals surface area (Å²) in [5.74, 6) is -3.30. The summed E-state index contributed by atoms with van der Waals surface area (Å²) in [7, 11) is 0. The van der Waals surface area contributed by atoms with E-state index >= 15 is 0 Å². The Morgan fingerprint density at radius 2 is 1.02 bits per heavy atom. The maximum atomic E-state index is 13.7. The first-order valence-corrected chi connectivity index (χ1v) is 14.5. The van der Waals surface area contributed by atoms with Crippen LogP contribution in [0.3, 0.4) is 0 Å². The minimum atomic E-state index is -1.27. The van der Waals surface area contributed by atoms with E-state index < -0.39 is 47.9 Å². The normalized spacial score (nSPS) is 14.3. The molecule has 0 heterocycles. The number of hydrogen-bond donors (Lipinski definition) is 7. The number of carboxylic acids is 1. The molecule has 3 amide bonds. The third kappa shape index (κ3) is 10.1. The van der Waals surface area contributed by atoms with Gasteiger partial charge >= 0.3 is 5.97 Å². The van der Waals surface area contributed by atoms with Gasteiger partial charge in [-0.1, -0.05) is 74.9 Å². The summed E-state index contributed by atoms with van der Waals surface area (Å²) in [4.78, 5) is 52.4. The molecule has 11 heteroatoms. The molecular formula is C33H40N4O7. The molecule has 3 aromatic carbocycles. The second kappa shape index (κ2) is 16.1. The molecule has 3 rings (SSSR count). The number of benzene rings is 3. The highest BCUT2D eigenvalue weighted by molar-refractivity contribution is 5.94. The lowest BCUT2D eigenvalue weighted by Crippen LogP contribution is -2.58. The highest BCUT2D eigenvalue weighted by Gasteiger charge is 2.31. The highest BCUT2D eigenvalue weighted by Crippen LogP contribution is 2.15. The molecule has 5 unspecified atom stereocenters. The van der Waals surface area contributed by atoms with E-state index in [1.807, 2.05) is 13.8 Å². The molecule has 0 radical (unpaired) electrons. The number of nitrogens with one attached hydrogen (secondary N) is 3. The molecule has 0 saturated carbocycles. The number of carbonyl (C=O) groups is 4. The number of amides is 3. The van der Waals surface area contributed by atoms with Gasteiger partial charge in [-0.05, 0) is 46.9 Å². The number of hydrogen-bond acceptors (Lipinski definition) is 7. The summed E-state index contributed by atoms with van der Waals surface area (Å²) in [5.41, 5.74) is 8.06. The minimum absolute atomic E-state index is 0.0157. The van der Waals surface area contributed by atoms with E-state index in [0.29, 0.717) is 23.1 Å². The maximum Gasteiger partial charge on any atom is 0.326 e. The van der Waals surface area contributed by atoms with Crippen LogP contribution in [0.1, 0.15) is 37.0 Å². The SMILES string of the molecule is CCC(C)C(N)C(=O)NC(Cc1ccc(O)cc1)C(=O)NC(Cc1ccc(O)cc1)C(=O)NC(Cc1ccccc1)C(=O)O. The summed E-state index contributed by atoms with van der Waals surface area (Å²) in [5, 5.41) is 37.2. The molecule has 234 valence electrons. The molecule has 0 fully saturated rings. The predicted molar refractivity (Wildman–Crippen MR) is 165 cm³/mol. The molecule has 0 spiro atoms. The van der Waals surface area contributed by atoms with Crippen LogP contribution < -0.4 is 21.7 Å². The fourth-order valence-corrected chi connectivity index (χ4v) is 4.53. The topological polar surface area (TPSA) is 191 Å². The van der Waals surface area contributed by atoms with E-state index in [0.717, 1.165) is 0 Å². The number of nitrogens with two attached hydrogens (primary N) is 1. The summed E-state index contributed by atoms with van der Waals surface area (Å²) < 4.78 is 0. The van der Waals surface area contributed by atoms with Gasteiger partial charge in [-0.2, -0.15) is 0 Å². The molecular weight excluding hydrogens is 564 g/mol. The minimum Gasteiger partial charge on any atom is -0.508 e. The van der Waals surface area contributed by atoms with Crippen LogP contribution in [0, 0.1) is 5.92 Å². The van der Waals surface area contributed by atoms with E-state index in [2.05, 4.69) is 16.0 Å². The Labute approximate surface area is 256 Å². The number of carbonyl (C=O) groups excluding carboxylic acids is 3. The Bertz CT molecular complexity index is 1400. The van der Waals surface area contributed by atoms with Crippen molar-refractivity contribution in [3.63, 3.8) is 0 Å². The van der Waals surface area contributed by atoms with Crippen molar-refractivity contribution in [2.45, 2.75) is 63.7 Å². The number of phenols is 2. The largest absolute Gasteiger partial charge is 0.508 e. The van der Waals surface area contributed by atoms with Crippen LogP contribution in [-0.4, -0.2) is 63.2 Å². The van der Waals surface area contributed by atoms with Gasteiger partial charge in [-0.3, -0.25) is 14.4 Å². The van der Waals surface area contributed by atoms with Gasteiger partial charge in [-0.25, -0.2) is 4.79 Å². The van der Waals surface area contributed by atoms with Crippen molar-refractivity contribution in [2.24, 2.45) is 11.7 Å². The molecule has 0 saturated heterocycles. The Morgan fingerprint density at radius 1 is 0.636 bits per heavy atom. The maximum absolute atomic E-state index is 13.7. The molecule has 11 nitrogen and oxygen atoms in total. The lowest BCUT2D eigenvalue weighted by Gasteiger charge is -2.26. The number of carboxylic acid groups (broad SMARTS) is 1. The molecule has 3 aromatic rings. The molecule has 44 heavy (non-hydrogen) atoms. The van der Waals surface area contributed by atoms with Gasteiger partial charge < -0.3 is 37.0 Å². The summed E-state index contributed by atoms with van der Waals surface area (Å²) in [6.45, 7) is 3.72. The van der Waals surface area contributed by atoms with Crippen molar-refractivity contribution in [1.29, 1.82) is 0 Å². The van der Waals surface area contributed by atoms with Gasteiger partial charge in [0, 0.05) is 19.3 Å². The van der Waals surface area contributed by atoms with Crippen LogP contribution in [0.15, 0.2) is 78.9 Å². The molecule has 0 aliphatic rings. The first-order valence-electron chi connectivity index (χ1n) is 14.5. The molecule has 0 aromatic heterocycles. The van der Waals surface area contributed by atoms with E-state index in [1.54, 1.807) is 54.6 Å². The van der Waals surface area contributed by atoms with Gasteiger partial charge in [0.25, 0.3) is 0 Å². The van der Waals surface area contributed by atoms with Crippen LogP contribution in [0.5, 0.6) is 11.5 Å². The number of aliphatic carboxylic acids is 1. The third-order valence-electron chi connectivity index (χ3n) is 7.48. The average Bonchev–Trinajstić information content (AvgIpc) is 3.01. The van der Waals surface area contributed by atoms with Crippen molar-refractivity contribution >= 4 is 23.7 Å². The van der Waals surface area contributed by atoms with E-state index in [9.17, 15) is 34.5 Å². The van der Waals surface area contributed by atoms with Gasteiger partial charge in [0.1, 0.15) is 29.6 Å². The average molecular weight is 605 g/mol. The van der Waals surface area contributed by atoms with Crippen molar-refractivity contribution < 1.29 is 34.5 Å². The van der Waals surface area contributed by atoms with Gasteiger partial charge in [-0.15, -0.1) is 0 Å². The Morgan fingerprint density at radius 3 is 1.45 bits per heavy atom. The van der Waals surface area contributed by atoms with E-state index in [-0.39, 0.29) is 36.7 Å². The van der Waals surface area contributed by atoms with Crippen LogP contribution in [-0.2, 0) is 38.4 Å². The first-order chi connectivity index (χ1) is 21.0. The number of phenolic OH excluding ortho intramolecular Hbond substituents is 2. The van der Waals surface area contributed by atoms with Gasteiger partial charge in [0.15, 0.2) is 0 Å². The fraction of sp³-hybridized carbons (Fsp3) is 0.333. The lowest BCUT2D eigenvalue weighted by molar-refractivity contribution is -0.142. The van der Waals surface area contributed by atoms with Crippen LogP contribution in [0.2, 0.25) is 0 Å². The Hall–Kier alpha value is -4.90. The zero-order chi connectivity index (χ0) is 32.2. The molecule has 0 aliphatic carbocycles. The second-order valence-corrected chi connectivity index (χ2v) is 10.9. The van der Waals surface area contributed by atoms with Crippen LogP contribution >= 0.6 is 0 Å². The monoisotopic (exact) mass is 604 g/mol. The quantitative estimate of drug-likeness (QED) is 0.137. The molecule has 8 N–H and O–H groups in total. The predicted octanol–water partition coefficient (Wildman–Crippen LogP) is 2.04. The van der Waals surface area contributed by atoms with Crippen molar-refractivity contribution in [1.82, 2.24) is 16.0 Å². The van der Waals surface area contributed by atoms with E-state index in [4.69, 9.17) is 5.73 Å². The van der Waals surface area contributed by atoms with Gasteiger partial charge in [0.05, 0.1) is 6.04 Å². The Balaban J connectivity index is 1.87. The van der Waals surface area contributed by atoms with Crippen LogP contribution in [0.4, 0.5) is 0 Å². The van der Waals surface area contributed by atoms with E-state index in [1.165, 1.54) is 24.3 Å². The fourth-order valence-electron chi connectivity index (χ4n) is 4.53. The molecule has 0 aliphatic heterocycles. The molecule has 0 bridgehead atoms. The number of aromatic hydroxyl groups is 2. The summed E-state index contributed by atoms with van der Waals surface area (Å²) >= 11 is 0. The van der Waals surface area contributed by atoms with Crippen molar-refractivity contribution in [2.75, 3.05) is 0 Å². The lowest BCUT2D eigenvalue weighted by atomic mass is 9.98.